The molecule has 0 aromatic heterocycles. The Bertz CT molecular complexity index is 87.8. The maximum atomic E-state index is 12.3. The monoisotopic (exact) mass is 153 g/mol. The topological polar surface area (TPSA) is 35.2 Å². The predicted molar refractivity (Wildman–Crippen MR) is 35.1 cm³/mol. The van der Waals surface area contributed by atoms with Gasteiger partial charge in [0, 0.05) is 13.0 Å². The van der Waals surface area contributed by atoms with Crippen molar-refractivity contribution in [3.8, 4) is 0 Å². The maximum Gasteiger partial charge on any atom is 0.262 e. The molecule has 0 saturated carbocycles. The van der Waals surface area contributed by atoms with E-state index in [-0.39, 0.29) is 13.0 Å². The Labute approximate surface area is 59.3 Å². The molecule has 0 fully saturated rings. The van der Waals surface area contributed by atoms with Gasteiger partial charge >= 0.3 is 0 Å². The first kappa shape index (κ1) is 9.78. The first-order chi connectivity index (χ1) is 4.62. The smallest absolute Gasteiger partial charge is 0.262 e. The quantitative estimate of drug-likeness (QED) is 0.598. The Morgan fingerprint density at radius 1 is 1.50 bits per heavy atom. The molecule has 0 bridgehead atoms. The predicted octanol–water partition coefficient (Wildman–Crippen LogP) is 1.01. The van der Waals surface area contributed by atoms with Crippen LogP contribution in [0.25, 0.3) is 0 Å². The zero-order chi connectivity index (χ0) is 8.04. The lowest BCUT2D eigenvalue weighted by atomic mass is 10.2. The summed E-state index contributed by atoms with van der Waals surface area (Å²) in [6.45, 7) is 1.72. The van der Waals surface area contributed by atoms with Crippen molar-refractivity contribution in [1.29, 1.82) is 0 Å². The van der Waals surface area contributed by atoms with Gasteiger partial charge in [0.25, 0.3) is 5.92 Å². The number of hydrogen-bond acceptors (Lipinski definition) is 2. The lowest BCUT2D eigenvalue weighted by molar-refractivity contribution is -0.0233. The van der Waals surface area contributed by atoms with Gasteiger partial charge in [-0.25, -0.2) is 8.78 Å². The van der Waals surface area contributed by atoms with Crippen LogP contribution < -0.4 is 5.73 Å². The molecule has 4 heteroatoms. The highest BCUT2D eigenvalue weighted by Gasteiger charge is 2.25. The van der Waals surface area contributed by atoms with E-state index in [1.807, 2.05) is 0 Å². The third-order valence-corrected chi connectivity index (χ3v) is 1.11. The number of alkyl halides is 2. The first-order valence-electron chi connectivity index (χ1n) is 3.28. The Morgan fingerprint density at radius 2 is 2.10 bits per heavy atom. The molecule has 0 amide bonds. The zero-order valence-electron chi connectivity index (χ0n) is 6.07. The van der Waals surface area contributed by atoms with Crippen LogP contribution in [0.3, 0.4) is 0 Å². The van der Waals surface area contributed by atoms with Crippen LogP contribution in [0.5, 0.6) is 0 Å². The van der Waals surface area contributed by atoms with Gasteiger partial charge in [-0.2, -0.15) is 0 Å². The normalized spacial score (nSPS) is 12.0. The second-order valence-corrected chi connectivity index (χ2v) is 2.01. The number of halogens is 2. The third kappa shape index (κ3) is 4.64. The number of hydrogen-bond donors (Lipinski definition) is 1. The second-order valence-electron chi connectivity index (χ2n) is 2.01. The van der Waals surface area contributed by atoms with E-state index in [1.54, 1.807) is 6.92 Å². The molecule has 62 valence electrons. The van der Waals surface area contributed by atoms with Crippen LogP contribution in [0.1, 0.15) is 13.3 Å². The molecular formula is C6H13F2NO. The van der Waals surface area contributed by atoms with Crippen molar-refractivity contribution >= 4 is 0 Å². The van der Waals surface area contributed by atoms with Gasteiger partial charge in [-0.3, -0.25) is 0 Å². The first-order valence-corrected chi connectivity index (χ1v) is 3.28. The van der Waals surface area contributed by atoms with Crippen molar-refractivity contribution < 1.29 is 13.5 Å². The molecule has 0 radical (unpaired) electrons. The molecule has 0 aliphatic heterocycles. The third-order valence-electron chi connectivity index (χ3n) is 1.11. The SMILES string of the molecule is CCOCCC(F)(F)CN. The summed E-state index contributed by atoms with van der Waals surface area (Å²) >= 11 is 0. The van der Waals surface area contributed by atoms with Crippen LogP contribution in [-0.4, -0.2) is 25.7 Å². The Kier molecular flexibility index (Phi) is 4.47. The average molecular weight is 153 g/mol. The lowest BCUT2D eigenvalue weighted by Gasteiger charge is -2.12. The van der Waals surface area contributed by atoms with Crippen molar-refractivity contribution in [3.63, 3.8) is 0 Å². The summed E-state index contributed by atoms with van der Waals surface area (Å²) in [6.07, 6.45) is -0.280. The fourth-order valence-electron chi connectivity index (χ4n) is 0.468. The Hall–Kier alpha value is -0.220. The number of nitrogens with two attached hydrogens (primary N) is 1. The van der Waals surface area contributed by atoms with Crippen LogP contribution in [0.15, 0.2) is 0 Å². The van der Waals surface area contributed by atoms with Crippen molar-refractivity contribution in [1.82, 2.24) is 0 Å². The molecule has 0 aromatic carbocycles. The van der Waals surface area contributed by atoms with Gasteiger partial charge in [0.2, 0.25) is 0 Å². The van der Waals surface area contributed by atoms with Gasteiger partial charge in [-0.1, -0.05) is 0 Å². The molecule has 0 unspecified atom stereocenters. The summed E-state index contributed by atoms with van der Waals surface area (Å²) < 4.78 is 29.3. The number of ether oxygens (including phenoxy) is 1. The summed E-state index contributed by atoms with van der Waals surface area (Å²) in [5.74, 6) is -2.75. The van der Waals surface area contributed by atoms with Crippen LogP contribution in [0.2, 0.25) is 0 Å². The zero-order valence-corrected chi connectivity index (χ0v) is 6.07. The molecule has 0 saturated heterocycles. The maximum absolute atomic E-state index is 12.3. The lowest BCUT2D eigenvalue weighted by Crippen LogP contribution is -2.29. The molecule has 10 heavy (non-hydrogen) atoms. The van der Waals surface area contributed by atoms with E-state index in [9.17, 15) is 8.78 Å². The van der Waals surface area contributed by atoms with E-state index in [4.69, 9.17) is 10.5 Å². The van der Waals surface area contributed by atoms with Crippen molar-refractivity contribution in [2.24, 2.45) is 5.73 Å². The minimum atomic E-state index is -2.75. The van der Waals surface area contributed by atoms with Crippen LogP contribution in [0, 0.1) is 0 Å². The van der Waals surface area contributed by atoms with Gasteiger partial charge < -0.3 is 10.5 Å². The highest BCUT2D eigenvalue weighted by molar-refractivity contribution is 4.65. The van der Waals surface area contributed by atoms with Gasteiger partial charge in [-0.05, 0) is 6.92 Å². The standard InChI is InChI=1S/C6H13F2NO/c1-2-10-4-3-6(7,8)5-9/h2-5,9H2,1H3. The highest BCUT2D eigenvalue weighted by Crippen LogP contribution is 2.15. The Morgan fingerprint density at radius 3 is 2.50 bits per heavy atom. The van der Waals surface area contributed by atoms with E-state index in [2.05, 4.69) is 0 Å². The number of rotatable bonds is 5. The molecule has 0 rings (SSSR count). The minimum absolute atomic E-state index is 0.0840. The van der Waals surface area contributed by atoms with Crippen molar-refractivity contribution in [2.75, 3.05) is 19.8 Å². The van der Waals surface area contributed by atoms with Gasteiger partial charge in [0.05, 0.1) is 13.2 Å². The summed E-state index contributed by atoms with van der Waals surface area (Å²) in [4.78, 5) is 0. The van der Waals surface area contributed by atoms with Gasteiger partial charge in [0.15, 0.2) is 0 Å². The fraction of sp³-hybridized carbons (Fsp3) is 1.00. The van der Waals surface area contributed by atoms with Crippen molar-refractivity contribution in [3.05, 3.63) is 0 Å². The van der Waals surface area contributed by atoms with E-state index >= 15 is 0 Å². The molecule has 0 aliphatic rings. The summed E-state index contributed by atoms with van der Waals surface area (Å²) in [6, 6.07) is 0. The average Bonchev–Trinajstić information content (AvgIpc) is 1.89. The molecule has 0 heterocycles. The summed E-state index contributed by atoms with van der Waals surface area (Å²) in [5, 5.41) is 0. The van der Waals surface area contributed by atoms with E-state index in [1.165, 1.54) is 0 Å². The molecular weight excluding hydrogens is 140 g/mol. The van der Waals surface area contributed by atoms with Crippen molar-refractivity contribution in [2.45, 2.75) is 19.3 Å². The molecule has 0 atom stereocenters. The summed E-state index contributed by atoms with van der Waals surface area (Å²) in [5.41, 5.74) is 4.78. The Balaban J connectivity index is 3.28. The molecule has 2 N–H and O–H groups in total. The fourth-order valence-corrected chi connectivity index (χ4v) is 0.468. The second kappa shape index (κ2) is 4.57. The minimum Gasteiger partial charge on any atom is -0.382 e. The van der Waals surface area contributed by atoms with E-state index < -0.39 is 12.5 Å². The summed E-state index contributed by atoms with van der Waals surface area (Å²) in [7, 11) is 0. The highest BCUT2D eigenvalue weighted by atomic mass is 19.3. The van der Waals surface area contributed by atoms with E-state index in [0.29, 0.717) is 6.61 Å². The molecule has 2 nitrogen and oxygen atoms in total. The molecule has 0 aromatic rings. The van der Waals surface area contributed by atoms with Gasteiger partial charge in [0.1, 0.15) is 0 Å². The van der Waals surface area contributed by atoms with E-state index in [0.717, 1.165) is 0 Å². The van der Waals surface area contributed by atoms with Gasteiger partial charge in [-0.15, -0.1) is 0 Å². The molecule has 0 aliphatic carbocycles. The van der Waals surface area contributed by atoms with Crippen LogP contribution in [0.4, 0.5) is 8.78 Å². The largest absolute Gasteiger partial charge is 0.382 e. The molecule has 0 spiro atoms. The van der Waals surface area contributed by atoms with Crippen LogP contribution in [-0.2, 0) is 4.74 Å². The van der Waals surface area contributed by atoms with Crippen LogP contribution >= 0.6 is 0 Å².